The molecule has 0 aromatic carbocycles. The second-order valence-corrected chi connectivity index (χ2v) is 2.97. The summed E-state index contributed by atoms with van der Waals surface area (Å²) in [6, 6.07) is -1.41. The molecular weight excluding hydrogens is 217 g/mol. The summed E-state index contributed by atoms with van der Waals surface area (Å²) >= 11 is 0. The molecule has 0 radical (unpaired) electrons. The maximum atomic E-state index is 9.98. The standard InChI is InChI=1S/C3H8NO6P.Ca.2H/c4-2(3(5)6)1-10-11(7,8)9;;;/h2H,1,4H2,(H,5,6)(H2,7,8,9);;;. The second-order valence-electron chi connectivity index (χ2n) is 1.73. The van der Waals surface area contributed by atoms with Crippen molar-refractivity contribution in [2.24, 2.45) is 5.73 Å². The van der Waals surface area contributed by atoms with Crippen LogP contribution in [0.4, 0.5) is 0 Å². The number of carbonyl (C=O) groups is 1. The zero-order valence-corrected chi connectivity index (χ0v) is 6.27. The fraction of sp³-hybridized carbons (Fsp3) is 0.667. The van der Waals surface area contributed by atoms with E-state index in [0.29, 0.717) is 0 Å². The van der Waals surface area contributed by atoms with Crippen LogP contribution >= 0.6 is 7.82 Å². The van der Waals surface area contributed by atoms with Gasteiger partial charge in [-0.25, -0.2) is 4.57 Å². The normalized spacial score (nSPS) is 13.2. The molecule has 5 N–H and O–H groups in total. The van der Waals surface area contributed by atoms with E-state index in [1.165, 1.54) is 0 Å². The van der Waals surface area contributed by atoms with Gasteiger partial charge >= 0.3 is 51.5 Å². The average molecular weight is 227 g/mol. The van der Waals surface area contributed by atoms with E-state index in [1.54, 1.807) is 0 Å². The Morgan fingerprint density at radius 3 is 2.25 bits per heavy atom. The molecule has 1 atom stereocenters. The molecule has 0 aliphatic carbocycles. The van der Waals surface area contributed by atoms with E-state index in [1.807, 2.05) is 0 Å². The van der Waals surface area contributed by atoms with Crippen molar-refractivity contribution in [2.75, 3.05) is 6.61 Å². The number of hydrogen-bond donors (Lipinski definition) is 4. The van der Waals surface area contributed by atoms with Crippen molar-refractivity contribution in [3.63, 3.8) is 0 Å². The number of phosphoric acid groups is 1. The van der Waals surface area contributed by atoms with Gasteiger partial charge < -0.3 is 20.6 Å². The Morgan fingerprint density at radius 1 is 1.58 bits per heavy atom. The Balaban J connectivity index is 0. The minimum absolute atomic E-state index is 0. The third-order valence-electron chi connectivity index (χ3n) is 0.739. The molecule has 0 aliphatic rings. The van der Waals surface area contributed by atoms with Gasteiger partial charge in [-0.15, -0.1) is 0 Å². The van der Waals surface area contributed by atoms with Crippen molar-refractivity contribution in [2.45, 2.75) is 6.04 Å². The summed E-state index contributed by atoms with van der Waals surface area (Å²) in [7, 11) is -4.60. The molecule has 0 spiro atoms. The monoisotopic (exact) mass is 227 g/mol. The molecule has 0 rings (SSSR count). The zero-order chi connectivity index (χ0) is 9.07. The fourth-order valence-corrected chi connectivity index (χ4v) is 0.603. The number of nitrogens with two attached hydrogens (primary N) is 1. The molecule has 0 aromatic rings. The van der Waals surface area contributed by atoms with Crippen LogP contribution in [0, 0.1) is 0 Å². The molecule has 0 heterocycles. The summed E-state index contributed by atoms with van der Waals surface area (Å²) < 4.78 is 13.8. The predicted molar refractivity (Wildman–Crippen MR) is 42.2 cm³/mol. The number of carboxylic acids is 1. The molecule has 9 heteroatoms. The number of aliphatic carboxylic acids is 1. The molecule has 70 valence electrons. The Labute approximate surface area is 98.1 Å². The molecule has 12 heavy (non-hydrogen) atoms. The average Bonchev–Trinajstić information content (AvgIpc) is 1.80. The van der Waals surface area contributed by atoms with E-state index in [0.717, 1.165) is 0 Å². The van der Waals surface area contributed by atoms with Gasteiger partial charge in [-0.05, 0) is 0 Å². The summed E-state index contributed by atoms with van der Waals surface area (Å²) in [5.74, 6) is -1.38. The first-order valence-corrected chi connectivity index (χ1v) is 4.04. The molecule has 1 unspecified atom stereocenters. The zero-order valence-electron chi connectivity index (χ0n) is 5.38. The first kappa shape index (κ1) is 15.3. The van der Waals surface area contributed by atoms with Crippen LogP contribution in [-0.4, -0.2) is 71.2 Å². The number of hydrogen-bond acceptors (Lipinski definition) is 4. The van der Waals surface area contributed by atoms with Gasteiger partial charge in [0.1, 0.15) is 6.04 Å². The third kappa shape index (κ3) is 8.89. The topological polar surface area (TPSA) is 130 Å². The van der Waals surface area contributed by atoms with Crippen LogP contribution in [0.5, 0.6) is 0 Å². The van der Waals surface area contributed by atoms with E-state index in [2.05, 4.69) is 4.52 Å². The van der Waals surface area contributed by atoms with Crippen molar-refractivity contribution in [1.29, 1.82) is 0 Å². The van der Waals surface area contributed by atoms with Crippen molar-refractivity contribution in [1.82, 2.24) is 0 Å². The summed E-state index contributed by atoms with van der Waals surface area (Å²) in [6.07, 6.45) is 0. The van der Waals surface area contributed by atoms with Crippen LogP contribution in [-0.2, 0) is 13.9 Å². The van der Waals surface area contributed by atoms with Gasteiger partial charge in [0.05, 0.1) is 6.61 Å². The van der Waals surface area contributed by atoms with Crippen LogP contribution in [0.15, 0.2) is 0 Å². The van der Waals surface area contributed by atoms with E-state index in [9.17, 15) is 9.36 Å². The van der Waals surface area contributed by atoms with Crippen LogP contribution in [0.2, 0.25) is 0 Å². The van der Waals surface area contributed by atoms with Crippen molar-refractivity contribution in [3.05, 3.63) is 0 Å². The van der Waals surface area contributed by atoms with E-state index in [4.69, 9.17) is 20.6 Å². The number of rotatable bonds is 4. The van der Waals surface area contributed by atoms with E-state index in [-0.39, 0.29) is 37.7 Å². The molecule has 0 fully saturated rings. The quantitative estimate of drug-likeness (QED) is 0.311. The predicted octanol–water partition coefficient (Wildman–Crippen LogP) is -2.41. The molecule has 0 aliphatic heterocycles. The SMILES string of the molecule is NC(COP(=O)(O)O)C(=O)O.[CaH2]. The van der Waals surface area contributed by atoms with Crippen LogP contribution in [0.3, 0.4) is 0 Å². The van der Waals surface area contributed by atoms with E-state index < -0.39 is 26.4 Å². The first-order valence-electron chi connectivity index (χ1n) is 2.51. The van der Waals surface area contributed by atoms with Crippen LogP contribution in [0.25, 0.3) is 0 Å². The van der Waals surface area contributed by atoms with Gasteiger partial charge in [-0.3, -0.25) is 9.32 Å². The summed E-state index contributed by atoms with van der Waals surface area (Å²) in [4.78, 5) is 26.1. The minimum atomic E-state index is -4.60. The fourth-order valence-electron chi connectivity index (χ4n) is 0.249. The van der Waals surface area contributed by atoms with Crippen molar-refractivity contribution >= 4 is 51.5 Å². The maximum absolute atomic E-state index is 9.98. The number of phosphoric ester groups is 1. The van der Waals surface area contributed by atoms with Crippen molar-refractivity contribution < 1.29 is 28.8 Å². The summed E-state index contributed by atoms with van der Waals surface area (Å²) in [6.45, 7) is -0.709. The molecule has 0 saturated carbocycles. The molecular formula is C3H10CaNO6P. The molecule has 0 bridgehead atoms. The first-order chi connectivity index (χ1) is 4.83. The molecule has 0 amide bonds. The summed E-state index contributed by atoms with van der Waals surface area (Å²) in [5, 5.41) is 8.12. The Morgan fingerprint density at radius 2 is 2.00 bits per heavy atom. The van der Waals surface area contributed by atoms with Gasteiger partial charge in [0, 0.05) is 0 Å². The van der Waals surface area contributed by atoms with Crippen LogP contribution in [0.1, 0.15) is 0 Å². The number of carboxylic acid groups (broad SMARTS) is 1. The van der Waals surface area contributed by atoms with Gasteiger partial charge in [-0.2, -0.15) is 0 Å². The van der Waals surface area contributed by atoms with Gasteiger partial charge in [0.15, 0.2) is 0 Å². The Hall–Kier alpha value is 0.800. The van der Waals surface area contributed by atoms with Gasteiger partial charge in [-0.1, -0.05) is 0 Å². The van der Waals surface area contributed by atoms with Crippen molar-refractivity contribution in [3.8, 4) is 0 Å². The second kappa shape index (κ2) is 6.28. The van der Waals surface area contributed by atoms with E-state index >= 15 is 0 Å². The molecule has 0 saturated heterocycles. The van der Waals surface area contributed by atoms with Gasteiger partial charge in [0.2, 0.25) is 0 Å². The third-order valence-corrected chi connectivity index (χ3v) is 1.22. The summed E-state index contributed by atoms with van der Waals surface area (Å²) in [5.41, 5.74) is 4.86. The molecule has 7 nitrogen and oxygen atoms in total. The molecule has 0 aromatic heterocycles. The van der Waals surface area contributed by atoms with Crippen LogP contribution < -0.4 is 5.73 Å². The van der Waals surface area contributed by atoms with Gasteiger partial charge in [0.25, 0.3) is 0 Å². The Bertz CT molecular complexity index is 191. The Kier molecular flexibility index (Phi) is 8.00.